The molecule has 11 heteroatoms. The average molecular weight is 492 g/mol. The number of carbonyl (C=O) groups excluding carboxylic acids is 1. The van der Waals surface area contributed by atoms with Gasteiger partial charge in [0.15, 0.2) is 0 Å². The van der Waals surface area contributed by atoms with E-state index >= 15 is 0 Å². The van der Waals surface area contributed by atoms with Gasteiger partial charge in [-0.15, -0.1) is 0 Å². The molecule has 0 saturated carbocycles. The van der Waals surface area contributed by atoms with Crippen molar-refractivity contribution >= 4 is 33.5 Å². The van der Waals surface area contributed by atoms with Gasteiger partial charge >= 0.3 is 12.1 Å². The number of anilines is 2. The molecular formula is C23H29N3O7S. The van der Waals surface area contributed by atoms with Crippen LogP contribution in [0.15, 0.2) is 48.5 Å². The first-order valence-electron chi connectivity index (χ1n) is 10.7. The normalized spacial score (nSPS) is 18.3. The zero-order valence-electron chi connectivity index (χ0n) is 19.3. The topological polar surface area (TPSA) is 125 Å². The lowest BCUT2D eigenvalue weighted by Gasteiger charge is -2.40. The highest BCUT2D eigenvalue weighted by molar-refractivity contribution is 7.92. The maximum absolute atomic E-state index is 12.3. The molecule has 2 atom stereocenters. The van der Waals surface area contributed by atoms with Crippen LogP contribution in [-0.2, 0) is 26.1 Å². The largest absolute Gasteiger partial charge is 0.478 e. The number of amides is 1. The predicted octanol–water partition coefficient (Wildman–Crippen LogP) is 2.30. The molecule has 1 aliphatic rings. The first-order valence-corrected chi connectivity index (χ1v) is 12.5. The molecule has 0 bridgehead atoms. The molecule has 0 unspecified atom stereocenters. The van der Waals surface area contributed by atoms with Crippen LogP contribution in [0, 0.1) is 0 Å². The molecule has 0 radical (unpaired) electrons. The summed E-state index contributed by atoms with van der Waals surface area (Å²) in [7, 11) is -0.862. The third kappa shape index (κ3) is 5.97. The summed E-state index contributed by atoms with van der Waals surface area (Å²) in [6, 6.07) is 13.6. The van der Waals surface area contributed by atoms with Crippen molar-refractivity contribution in [1.82, 2.24) is 5.32 Å². The number of para-hydroxylation sites is 1. The predicted molar refractivity (Wildman–Crippen MR) is 128 cm³/mol. The zero-order valence-corrected chi connectivity index (χ0v) is 20.1. The molecule has 0 aliphatic carbocycles. The van der Waals surface area contributed by atoms with Gasteiger partial charge in [-0.1, -0.05) is 36.4 Å². The quantitative estimate of drug-likeness (QED) is 0.576. The lowest BCUT2D eigenvalue weighted by molar-refractivity contribution is 0.0546. The minimum absolute atomic E-state index is 0.0843. The van der Waals surface area contributed by atoms with Gasteiger partial charge in [0.25, 0.3) is 0 Å². The number of carboxylic acids is 1. The van der Waals surface area contributed by atoms with Gasteiger partial charge in [-0.25, -0.2) is 18.0 Å². The highest BCUT2D eigenvalue weighted by atomic mass is 32.2. The third-order valence-corrected chi connectivity index (χ3v) is 6.95. The number of methoxy groups -OCH3 is 1. The van der Waals surface area contributed by atoms with E-state index in [0.29, 0.717) is 25.2 Å². The molecule has 1 fully saturated rings. The summed E-state index contributed by atoms with van der Waals surface area (Å²) in [5.41, 5.74) is 1.29. The SMILES string of the molecule is CO[C@H]1CN(c2cccc(C(=O)O)c2N(C)S(C)(=O)=O)CC[C@H]1NC(=O)OCc1ccccc1. The second kappa shape index (κ2) is 10.7. The fraction of sp³-hybridized carbons (Fsp3) is 0.391. The van der Waals surface area contributed by atoms with Crippen LogP contribution in [0.3, 0.4) is 0 Å². The Kier molecular flexibility index (Phi) is 8.00. The molecule has 2 N–H and O–H groups in total. The summed E-state index contributed by atoms with van der Waals surface area (Å²) < 4.78 is 36.3. The van der Waals surface area contributed by atoms with Crippen LogP contribution in [0.5, 0.6) is 0 Å². The molecule has 2 aromatic rings. The van der Waals surface area contributed by atoms with Gasteiger partial charge in [-0.2, -0.15) is 0 Å². The lowest BCUT2D eigenvalue weighted by Crippen LogP contribution is -2.55. The summed E-state index contributed by atoms with van der Waals surface area (Å²) in [5, 5.41) is 12.5. The number of sulfonamides is 1. The van der Waals surface area contributed by atoms with Crippen molar-refractivity contribution in [1.29, 1.82) is 0 Å². The number of nitrogens with one attached hydrogen (secondary N) is 1. The Balaban J connectivity index is 1.75. The lowest BCUT2D eigenvalue weighted by atomic mass is 10.00. The molecule has 184 valence electrons. The highest BCUT2D eigenvalue weighted by Gasteiger charge is 2.34. The zero-order chi connectivity index (χ0) is 24.9. The average Bonchev–Trinajstić information content (AvgIpc) is 2.82. The number of rotatable bonds is 8. The van der Waals surface area contributed by atoms with E-state index < -0.39 is 28.2 Å². The van der Waals surface area contributed by atoms with Crippen molar-refractivity contribution in [3.63, 3.8) is 0 Å². The van der Waals surface area contributed by atoms with E-state index in [1.165, 1.54) is 20.2 Å². The Labute approximate surface area is 199 Å². The van der Waals surface area contributed by atoms with E-state index in [1.807, 2.05) is 35.2 Å². The van der Waals surface area contributed by atoms with Crippen LogP contribution >= 0.6 is 0 Å². The molecule has 1 saturated heterocycles. The van der Waals surface area contributed by atoms with Crippen molar-refractivity contribution in [2.75, 3.05) is 42.7 Å². The van der Waals surface area contributed by atoms with Gasteiger partial charge in [0, 0.05) is 27.2 Å². The van der Waals surface area contributed by atoms with Crippen molar-refractivity contribution in [2.45, 2.75) is 25.2 Å². The first-order chi connectivity index (χ1) is 16.1. The Morgan fingerprint density at radius 1 is 1.18 bits per heavy atom. The standard InChI is InChI=1S/C23H29N3O7S/c1-25(34(3,30)31)21-17(22(27)28)10-7-11-19(21)26-13-12-18(20(14-26)32-2)24-23(29)33-15-16-8-5-4-6-9-16/h4-11,18,20H,12-15H2,1-3H3,(H,24,29)(H,27,28)/t18-,20+/m1/s1. The van der Waals surface area contributed by atoms with E-state index in [4.69, 9.17) is 9.47 Å². The Bertz CT molecular complexity index is 1120. The van der Waals surface area contributed by atoms with Crippen LogP contribution in [0.4, 0.5) is 16.2 Å². The molecule has 1 amide bonds. The number of carbonyl (C=O) groups is 2. The number of ether oxygens (including phenoxy) is 2. The van der Waals surface area contributed by atoms with E-state index in [9.17, 15) is 23.1 Å². The van der Waals surface area contributed by atoms with Crippen molar-refractivity contribution in [3.8, 4) is 0 Å². The van der Waals surface area contributed by atoms with E-state index in [0.717, 1.165) is 16.1 Å². The van der Waals surface area contributed by atoms with Crippen LogP contribution < -0.4 is 14.5 Å². The summed E-state index contributed by atoms with van der Waals surface area (Å²) in [6.07, 6.45) is 0.515. The molecule has 0 aromatic heterocycles. The number of nitrogens with zero attached hydrogens (tertiary/aromatic N) is 2. The molecule has 2 aromatic carbocycles. The molecular weight excluding hydrogens is 462 g/mol. The number of benzene rings is 2. The van der Waals surface area contributed by atoms with Crippen LogP contribution in [0.25, 0.3) is 0 Å². The number of carboxylic acid groups (broad SMARTS) is 1. The maximum atomic E-state index is 12.3. The van der Waals surface area contributed by atoms with E-state index in [1.54, 1.807) is 12.1 Å². The van der Waals surface area contributed by atoms with Crippen molar-refractivity contribution in [3.05, 3.63) is 59.7 Å². The van der Waals surface area contributed by atoms with Gasteiger partial charge in [0.1, 0.15) is 6.61 Å². The number of aromatic carboxylic acids is 1. The Hall–Kier alpha value is -3.31. The molecule has 10 nitrogen and oxygen atoms in total. The number of alkyl carbamates (subject to hydrolysis) is 1. The molecule has 3 rings (SSSR count). The van der Waals surface area contributed by atoms with Crippen molar-refractivity contribution in [2.24, 2.45) is 0 Å². The minimum Gasteiger partial charge on any atom is -0.478 e. The fourth-order valence-electron chi connectivity index (χ4n) is 3.91. The van der Waals surface area contributed by atoms with E-state index in [-0.39, 0.29) is 23.9 Å². The number of hydrogen-bond donors (Lipinski definition) is 2. The number of hydrogen-bond acceptors (Lipinski definition) is 7. The third-order valence-electron chi connectivity index (χ3n) is 5.78. The van der Waals surface area contributed by atoms with E-state index in [2.05, 4.69) is 5.32 Å². The molecule has 1 heterocycles. The van der Waals surface area contributed by atoms with Gasteiger partial charge < -0.3 is 24.8 Å². The summed E-state index contributed by atoms with van der Waals surface area (Å²) in [4.78, 5) is 26.0. The highest BCUT2D eigenvalue weighted by Crippen LogP contribution is 2.35. The summed E-state index contributed by atoms with van der Waals surface area (Å²) in [6.45, 7) is 0.900. The van der Waals surface area contributed by atoms with Crippen molar-refractivity contribution < 1.29 is 32.6 Å². The van der Waals surface area contributed by atoms with Gasteiger partial charge in [0.05, 0.1) is 35.3 Å². The maximum Gasteiger partial charge on any atom is 0.407 e. The molecule has 1 aliphatic heterocycles. The fourth-order valence-corrected chi connectivity index (χ4v) is 4.43. The summed E-state index contributed by atoms with van der Waals surface area (Å²) in [5.74, 6) is -1.23. The summed E-state index contributed by atoms with van der Waals surface area (Å²) >= 11 is 0. The second-order valence-electron chi connectivity index (χ2n) is 8.03. The Morgan fingerprint density at radius 3 is 2.50 bits per heavy atom. The second-order valence-corrected chi connectivity index (χ2v) is 10.0. The van der Waals surface area contributed by atoms with Crippen LogP contribution in [0.1, 0.15) is 22.3 Å². The number of piperidine rings is 1. The van der Waals surface area contributed by atoms with Gasteiger partial charge in [-0.3, -0.25) is 4.31 Å². The van der Waals surface area contributed by atoms with Gasteiger partial charge in [-0.05, 0) is 24.1 Å². The van der Waals surface area contributed by atoms with Crippen LogP contribution in [-0.4, -0.2) is 71.2 Å². The van der Waals surface area contributed by atoms with Gasteiger partial charge in [0.2, 0.25) is 10.0 Å². The Morgan fingerprint density at radius 2 is 1.88 bits per heavy atom. The smallest absolute Gasteiger partial charge is 0.407 e. The molecule has 34 heavy (non-hydrogen) atoms. The minimum atomic E-state index is -3.71. The molecule has 0 spiro atoms. The monoisotopic (exact) mass is 491 g/mol. The van der Waals surface area contributed by atoms with Crippen LogP contribution in [0.2, 0.25) is 0 Å². The first kappa shape index (κ1) is 25.3.